The van der Waals surface area contributed by atoms with E-state index < -0.39 is 5.97 Å². The first-order valence-corrected chi connectivity index (χ1v) is 14.2. The first-order valence-electron chi connectivity index (χ1n) is 13.5. The van der Waals surface area contributed by atoms with E-state index in [1.807, 2.05) is 31.2 Å². The van der Waals surface area contributed by atoms with Gasteiger partial charge >= 0.3 is 5.97 Å². The molecule has 1 aromatic heterocycles. The average Bonchev–Trinajstić information content (AvgIpc) is 2.96. The van der Waals surface area contributed by atoms with Crippen molar-refractivity contribution < 1.29 is 19.4 Å². The fourth-order valence-corrected chi connectivity index (χ4v) is 4.69. The zero-order valence-electron chi connectivity index (χ0n) is 23.1. The molecule has 4 rings (SSSR count). The van der Waals surface area contributed by atoms with E-state index in [0.717, 1.165) is 34.0 Å². The number of aromatic carboxylic acids is 1. The van der Waals surface area contributed by atoms with Gasteiger partial charge in [0.2, 0.25) is 0 Å². The number of benzene rings is 3. The Morgan fingerprint density at radius 1 is 1.12 bits per heavy atom. The molecule has 0 aliphatic heterocycles. The van der Waals surface area contributed by atoms with E-state index >= 15 is 0 Å². The molecule has 0 saturated heterocycles. The Bertz CT molecular complexity index is 1640. The maximum absolute atomic E-state index is 13.5. The number of nitrogens with zero attached hydrogens (tertiary/aromatic N) is 3. The van der Waals surface area contributed by atoms with E-state index in [0.29, 0.717) is 47.7 Å². The summed E-state index contributed by atoms with van der Waals surface area (Å²) in [6.45, 7) is 8.51. The van der Waals surface area contributed by atoms with E-state index in [4.69, 9.17) is 19.6 Å². The molecule has 0 atom stereocenters. The number of rotatable bonds is 13. The van der Waals surface area contributed by atoms with Gasteiger partial charge in [0.05, 0.1) is 29.3 Å². The van der Waals surface area contributed by atoms with Gasteiger partial charge in [-0.25, -0.2) is 9.78 Å². The first-order chi connectivity index (χ1) is 19.8. The highest BCUT2D eigenvalue weighted by molar-refractivity contribution is 9.10. The number of ether oxygens (including phenoxy) is 2. The van der Waals surface area contributed by atoms with Crippen LogP contribution in [0.2, 0.25) is 0 Å². The van der Waals surface area contributed by atoms with Crippen LogP contribution < -0.4 is 15.0 Å². The van der Waals surface area contributed by atoms with Crippen LogP contribution in [0, 0.1) is 0 Å². The molecule has 0 bridgehead atoms. The smallest absolute Gasteiger partial charge is 0.335 e. The van der Waals surface area contributed by atoms with E-state index in [9.17, 15) is 9.59 Å². The van der Waals surface area contributed by atoms with Crippen LogP contribution in [-0.2, 0) is 19.4 Å². The Morgan fingerprint density at radius 2 is 1.90 bits per heavy atom. The number of carboxylic acid groups (broad SMARTS) is 1. The van der Waals surface area contributed by atoms with Gasteiger partial charge in [-0.2, -0.15) is 9.78 Å². The molecule has 0 saturated carbocycles. The third-order valence-corrected chi connectivity index (χ3v) is 6.85. The molecule has 8 nitrogen and oxygen atoms in total. The van der Waals surface area contributed by atoms with Crippen molar-refractivity contribution in [2.24, 2.45) is 5.10 Å². The molecule has 0 aliphatic carbocycles. The molecular formula is C32H32BrN3O5. The summed E-state index contributed by atoms with van der Waals surface area (Å²) in [6.07, 6.45) is 6.40. The SMILES string of the molecule is C=CCc1cc(C=Nn2c(CCCC)nc3ccc(Br)cc3c2=O)cc(OCC)c1OCc1ccc(C(=O)O)cc1. The van der Waals surface area contributed by atoms with Gasteiger partial charge in [0.1, 0.15) is 12.4 Å². The van der Waals surface area contributed by atoms with Crippen molar-refractivity contribution in [2.45, 2.75) is 46.1 Å². The second-order valence-corrected chi connectivity index (χ2v) is 10.3. The molecule has 0 spiro atoms. The Labute approximate surface area is 247 Å². The van der Waals surface area contributed by atoms with Crippen LogP contribution >= 0.6 is 15.9 Å². The summed E-state index contributed by atoms with van der Waals surface area (Å²) < 4.78 is 14.3. The van der Waals surface area contributed by atoms with Gasteiger partial charge in [-0.1, -0.05) is 47.5 Å². The lowest BCUT2D eigenvalue weighted by Gasteiger charge is -2.17. The molecule has 4 aromatic rings. The fraction of sp³-hybridized carbons (Fsp3) is 0.250. The minimum Gasteiger partial charge on any atom is -0.490 e. The number of allylic oxidation sites excluding steroid dienone is 1. The van der Waals surface area contributed by atoms with Crippen molar-refractivity contribution in [2.75, 3.05) is 6.61 Å². The van der Waals surface area contributed by atoms with Crippen LogP contribution in [0.4, 0.5) is 0 Å². The van der Waals surface area contributed by atoms with Gasteiger partial charge < -0.3 is 14.6 Å². The van der Waals surface area contributed by atoms with E-state index in [2.05, 4.69) is 34.5 Å². The van der Waals surface area contributed by atoms with Crippen molar-refractivity contribution >= 4 is 39.0 Å². The molecule has 1 heterocycles. The van der Waals surface area contributed by atoms with Crippen LogP contribution in [-0.4, -0.2) is 33.6 Å². The Hall–Kier alpha value is -4.24. The lowest BCUT2D eigenvalue weighted by Crippen LogP contribution is -2.22. The lowest BCUT2D eigenvalue weighted by atomic mass is 10.1. The molecule has 1 N–H and O–H groups in total. The summed E-state index contributed by atoms with van der Waals surface area (Å²) in [4.78, 5) is 29.4. The molecule has 3 aromatic carbocycles. The van der Waals surface area contributed by atoms with E-state index in [1.165, 1.54) is 4.68 Å². The average molecular weight is 619 g/mol. The molecule has 0 unspecified atom stereocenters. The van der Waals surface area contributed by atoms with Crippen LogP contribution in [0.3, 0.4) is 0 Å². The minimum absolute atomic E-state index is 0.214. The van der Waals surface area contributed by atoms with Gasteiger partial charge in [-0.05, 0) is 73.4 Å². The molecule has 0 radical (unpaired) electrons. The largest absolute Gasteiger partial charge is 0.490 e. The topological polar surface area (TPSA) is 103 Å². The quantitative estimate of drug-likeness (QED) is 0.131. The van der Waals surface area contributed by atoms with E-state index in [1.54, 1.807) is 42.6 Å². The second kappa shape index (κ2) is 13.9. The predicted molar refractivity (Wildman–Crippen MR) is 165 cm³/mol. The monoisotopic (exact) mass is 617 g/mol. The summed E-state index contributed by atoms with van der Waals surface area (Å²) in [6, 6.07) is 15.8. The second-order valence-electron chi connectivity index (χ2n) is 9.38. The highest BCUT2D eigenvalue weighted by Gasteiger charge is 2.15. The molecule has 0 amide bonds. The van der Waals surface area contributed by atoms with Gasteiger partial charge in [-0.3, -0.25) is 4.79 Å². The first kappa shape index (κ1) is 29.7. The van der Waals surface area contributed by atoms with Crippen LogP contribution in [0.15, 0.2) is 81.6 Å². The maximum atomic E-state index is 13.5. The third kappa shape index (κ3) is 7.29. The molecule has 0 aliphatic rings. The molecule has 41 heavy (non-hydrogen) atoms. The number of unbranched alkanes of at least 4 members (excludes halogenated alkanes) is 1. The number of aryl methyl sites for hydroxylation is 1. The summed E-state index contributed by atoms with van der Waals surface area (Å²) in [5.74, 6) is 0.737. The van der Waals surface area contributed by atoms with Crippen molar-refractivity contribution in [3.63, 3.8) is 0 Å². The summed E-state index contributed by atoms with van der Waals surface area (Å²) in [5.41, 5.74) is 3.01. The normalized spacial score (nSPS) is 11.2. The summed E-state index contributed by atoms with van der Waals surface area (Å²) in [7, 11) is 0. The number of hydrogen-bond acceptors (Lipinski definition) is 6. The highest BCUT2D eigenvalue weighted by atomic mass is 79.9. The van der Waals surface area contributed by atoms with Crippen molar-refractivity contribution in [1.29, 1.82) is 0 Å². The number of carbonyl (C=O) groups is 1. The van der Waals surface area contributed by atoms with Crippen molar-refractivity contribution in [3.8, 4) is 11.5 Å². The zero-order chi connectivity index (χ0) is 29.4. The van der Waals surface area contributed by atoms with Gasteiger partial charge in [0.25, 0.3) is 5.56 Å². The van der Waals surface area contributed by atoms with Crippen molar-refractivity contribution in [1.82, 2.24) is 9.66 Å². The number of hydrogen-bond donors (Lipinski definition) is 1. The van der Waals surface area contributed by atoms with Crippen LogP contribution in [0.1, 0.15) is 59.6 Å². The van der Waals surface area contributed by atoms with Crippen molar-refractivity contribution in [3.05, 3.63) is 110 Å². The lowest BCUT2D eigenvalue weighted by molar-refractivity contribution is 0.0697. The molecular weight excluding hydrogens is 586 g/mol. The molecule has 9 heteroatoms. The Balaban J connectivity index is 1.71. The number of fused-ring (bicyclic) bond motifs is 1. The number of halogens is 1. The number of aromatic nitrogens is 2. The van der Waals surface area contributed by atoms with Crippen LogP contribution in [0.5, 0.6) is 11.5 Å². The fourth-order valence-electron chi connectivity index (χ4n) is 4.33. The van der Waals surface area contributed by atoms with Gasteiger partial charge in [0, 0.05) is 16.5 Å². The summed E-state index contributed by atoms with van der Waals surface area (Å²) >= 11 is 3.44. The molecule has 212 valence electrons. The van der Waals surface area contributed by atoms with Crippen LogP contribution in [0.25, 0.3) is 10.9 Å². The minimum atomic E-state index is -0.978. The van der Waals surface area contributed by atoms with Gasteiger partial charge in [-0.15, -0.1) is 6.58 Å². The van der Waals surface area contributed by atoms with Gasteiger partial charge in [0.15, 0.2) is 11.5 Å². The Morgan fingerprint density at radius 3 is 2.59 bits per heavy atom. The zero-order valence-corrected chi connectivity index (χ0v) is 24.7. The summed E-state index contributed by atoms with van der Waals surface area (Å²) in [5, 5.41) is 14.2. The maximum Gasteiger partial charge on any atom is 0.335 e. The molecule has 0 fully saturated rings. The Kier molecular flexibility index (Phi) is 10.1. The van der Waals surface area contributed by atoms with E-state index in [-0.39, 0.29) is 17.7 Å². The third-order valence-electron chi connectivity index (χ3n) is 6.35. The highest BCUT2D eigenvalue weighted by Crippen LogP contribution is 2.34. The predicted octanol–water partition coefficient (Wildman–Crippen LogP) is 6.79. The number of carboxylic acids is 1. The standard InChI is InChI=1S/C32H32BrN3O5/c1-4-7-9-29-35-27-15-14-25(33)18-26(27)31(37)36(29)34-19-22-16-24(8-5-2)30(28(17-22)40-6-3)41-20-21-10-12-23(13-11-21)32(38)39/h5,10-19H,2,4,6-9,20H2,1,3H3,(H,38,39).